The van der Waals surface area contributed by atoms with E-state index in [9.17, 15) is 23.5 Å². The smallest absolute Gasteiger partial charge is 0.393 e. The number of nitriles is 1. The molecule has 3 N–H and O–H groups in total. The molecule has 228 valence electrons. The van der Waals surface area contributed by atoms with Crippen molar-refractivity contribution in [1.29, 1.82) is 5.26 Å². The Morgan fingerprint density at radius 3 is 2.44 bits per heavy atom. The fourth-order valence-electron chi connectivity index (χ4n) is 6.12. The largest absolute Gasteiger partial charge is 0.406 e. The first-order valence-corrected chi connectivity index (χ1v) is 15.0. The molecule has 0 bridgehead atoms. The zero-order valence-electron chi connectivity index (χ0n) is 24.7. The summed E-state index contributed by atoms with van der Waals surface area (Å²) in [4.78, 5) is 6.88. The van der Waals surface area contributed by atoms with E-state index >= 15 is 0 Å². The van der Waals surface area contributed by atoms with Crippen LogP contribution in [0, 0.1) is 23.2 Å². The van der Waals surface area contributed by atoms with Crippen LogP contribution in [-0.4, -0.2) is 63.6 Å². The topological polar surface area (TPSA) is 89.1 Å². The lowest BCUT2D eigenvalue weighted by Gasteiger charge is -2.40. The molecule has 43 heavy (non-hydrogen) atoms. The number of benzene rings is 1. The number of aliphatic hydroxyl groups excluding tert-OH is 1. The molecule has 2 fully saturated rings. The van der Waals surface area contributed by atoms with Crippen LogP contribution in [0.25, 0.3) is 10.9 Å². The van der Waals surface area contributed by atoms with Crippen LogP contribution in [0.5, 0.6) is 0 Å². The lowest BCUT2D eigenvalue weighted by atomic mass is 9.90. The molecule has 5 rings (SSSR count). The average molecular weight is 593 g/mol. The van der Waals surface area contributed by atoms with E-state index in [1.807, 2.05) is 12.1 Å². The average Bonchev–Trinajstić information content (AvgIpc) is 3.33. The molecule has 0 atom stereocenters. The number of alkyl halides is 3. The summed E-state index contributed by atoms with van der Waals surface area (Å²) in [5.74, 6) is 5.91. The second-order valence-corrected chi connectivity index (χ2v) is 12.2. The second-order valence-electron chi connectivity index (χ2n) is 12.2. The molecule has 0 radical (unpaired) electrons. The van der Waals surface area contributed by atoms with E-state index in [0.29, 0.717) is 28.6 Å². The Morgan fingerprint density at radius 1 is 1.05 bits per heavy atom. The number of aromatic nitrogens is 2. The molecule has 1 aliphatic heterocycles. The Kier molecular flexibility index (Phi) is 9.19. The van der Waals surface area contributed by atoms with Crippen LogP contribution in [0.15, 0.2) is 42.6 Å². The lowest BCUT2D eigenvalue weighted by Crippen LogP contribution is -2.46. The molecule has 1 saturated heterocycles. The number of nitrogens with zero attached hydrogens (tertiary/aromatic N) is 4. The molecule has 0 unspecified atom stereocenters. The Hall–Kier alpha value is -3.73. The minimum Gasteiger partial charge on any atom is -0.393 e. The molecule has 1 saturated carbocycles. The summed E-state index contributed by atoms with van der Waals surface area (Å²) < 4.78 is 42.1. The van der Waals surface area contributed by atoms with Gasteiger partial charge < -0.3 is 25.2 Å². The Morgan fingerprint density at radius 2 is 1.79 bits per heavy atom. The van der Waals surface area contributed by atoms with Crippen molar-refractivity contribution >= 4 is 22.3 Å². The first-order valence-electron chi connectivity index (χ1n) is 15.0. The number of nitrogens with one attached hydrogen (secondary N) is 2. The maximum absolute atomic E-state index is 13.6. The van der Waals surface area contributed by atoms with Gasteiger partial charge in [0, 0.05) is 36.2 Å². The van der Waals surface area contributed by atoms with Crippen molar-refractivity contribution in [3.05, 3.63) is 54.0 Å². The molecule has 0 amide bonds. The van der Waals surface area contributed by atoms with Crippen LogP contribution < -0.4 is 10.6 Å². The van der Waals surface area contributed by atoms with Gasteiger partial charge in [-0.1, -0.05) is 12.0 Å². The predicted octanol–water partition coefficient (Wildman–Crippen LogP) is 6.04. The van der Waals surface area contributed by atoms with Gasteiger partial charge in [0.15, 0.2) is 0 Å². The van der Waals surface area contributed by atoms with E-state index in [-0.39, 0.29) is 18.7 Å². The summed E-state index contributed by atoms with van der Waals surface area (Å²) in [5, 5.41) is 26.6. The maximum atomic E-state index is 13.6. The van der Waals surface area contributed by atoms with Crippen LogP contribution in [0.3, 0.4) is 0 Å². The number of halogens is 3. The number of likely N-dealkylation sites (tertiary alicyclic amines) is 1. The van der Waals surface area contributed by atoms with E-state index in [4.69, 9.17) is 0 Å². The number of hydrogen-bond acceptors (Lipinski definition) is 6. The van der Waals surface area contributed by atoms with Crippen molar-refractivity contribution in [1.82, 2.24) is 14.5 Å². The third-order valence-electron chi connectivity index (χ3n) is 8.64. The lowest BCUT2D eigenvalue weighted by molar-refractivity contribution is -0.140. The minimum atomic E-state index is -4.39. The van der Waals surface area contributed by atoms with Gasteiger partial charge in [-0.2, -0.15) is 18.4 Å². The van der Waals surface area contributed by atoms with Crippen LogP contribution in [-0.2, 0) is 12.0 Å². The van der Waals surface area contributed by atoms with Crippen LogP contribution in [0.1, 0.15) is 63.8 Å². The number of hydrogen-bond donors (Lipinski definition) is 3. The number of aliphatic hydroxyl groups is 1. The van der Waals surface area contributed by atoms with Crippen molar-refractivity contribution in [3.8, 4) is 17.9 Å². The Labute approximate surface area is 251 Å². The Balaban J connectivity index is 1.28. The van der Waals surface area contributed by atoms with Gasteiger partial charge in [-0.15, -0.1) is 0 Å². The summed E-state index contributed by atoms with van der Waals surface area (Å²) in [7, 11) is 0. The fourth-order valence-corrected chi connectivity index (χ4v) is 6.12. The third-order valence-corrected chi connectivity index (χ3v) is 8.64. The van der Waals surface area contributed by atoms with Crippen molar-refractivity contribution in [2.75, 3.05) is 30.3 Å². The summed E-state index contributed by atoms with van der Waals surface area (Å²) in [6.07, 6.45) is 2.80. The van der Waals surface area contributed by atoms with Gasteiger partial charge in [0.2, 0.25) is 0 Å². The zero-order valence-corrected chi connectivity index (χ0v) is 24.7. The third kappa shape index (κ3) is 7.62. The quantitative estimate of drug-likeness (QED) is 0.290. The van der Waals surface area contributed by atoms with Gasteiger partial charge in [0.05, 0.1) is 52.9 Å². The van der Waals surface area contributed by atoms with Gasteiger partial charge in [0.25, 0.3) is 0 Å². The number of rotatable bonds is 7. The summed E-state index contributed by atoms with van der Waals surface area (Å²) >= 11 is 0. The van der Waals surface area contributed by atoms with Crippen molar-refractivity contribution in [2.24, 2.45) is 0 Å². The standard InChI is InChI=1S/C33H39F3N6O/c1-32(2,21-37)31-13-8-24(20-39-31)38-16-4-5-26-19-28-29(6-3-7-30(28)42(26)22-33(34,35)36)40-23-14-17-41(18-15-23)25-9-11-27(43)12-10-25/h3,6-8,13,19-20,23,25,27,38,40,43H,9-12,14-18,22H2,1-2H3/t25-,27-. The highest BCUT2D eigenvalue weighted by atomic mass is 19.4. The molecule has 1 aromatic carbocycles. The number of piperidine rings is 1. The van der Waals surface area contributed by atoms with E-state index in [1.54, 1.807) is 44.3 Å². The molecule has 7 nitrogen and oxygen atoms in total. The van der Waals surface area contributed by atoms with Crippen molar-refractivity contribution in [3.63, 3.8) is 0 Å². The molecule has 2 aromatic heterocycles. The van der Waals surface area contributed by atoms with Gasteiger partial charge in [-0.3, -0.25) is 4.98 Å². The first-order chi connectivity index (χ1) is 20.5. The maximum Gasteiger partial charge on any atom is 0.406 e. The van der Waals surface area contributed by atoms with E-state index in [0.717, 1.165) is 62.7 Å². The number of anilines is 2. The van der Waals surface area contributed by atoms with E-state index in [2.05, 4.69) is 38.4 Å². The molecule has 10 heteroatoms. The summed E-state index contributed by atoms with van der Waals surface area (Å²) in [6.45, 7) is 4.64. The molecular formula is C33H39F3N6O. The minimum absolute atomic E-state index is 0.162. The molecule has 0 spiro atoms. The monoisotopic (exact) mass is 592 g/mol. The van der Waals surface area contributed by atoms with Crippen LogP contribution in [0.4, 0.5) is 24.5 Å². The first kappa shape index (κ1) is 30.7. The van der Waals surface area contributed by atoms with E-state index < -0.39 is 18.1 Å². The predicted molar refractivity (Wildman–Crippen MR) is 163 cm³/mol. The number of pyridine rings is 1. The second kappa shape index (κ2) is 12.9. The van der Waals surface area contributed by atoms with Gasteiger partial charge in [-0.05, 0) is 88.6 Å². The molecule has 3 heterocycles. The van der Waals surface area contributed by atoms with Gasteiger partial charge in [0.1, 0.15) is 6.54 Å². The molecular weight excluding hydrogens is 553 g/mol. The molecule has 3 aromatic rings. The highest BCUT2D eigenvalue weighted by Gasteiger charge is 2.31. The highest BCUT2D eigenvalue weighted by Crippen LogP contribution is 2.32. The summed E-state index contributed by atoms with van der Waals surface area (Å²) in [5.41, 5.74) is 2.30. The molecule has 2 aliphatic rings. The van der Waals surface area contributed by atoms with Crippen LogP contribution >= 0.6 is 0 Å². The highest BCUT2D eigenvalue weighted by molar-refractivity contribution is 5.94. The fraction of sp³-hybridized carbons (Fsp3) is 0.515. The summed E-state index contributed by atoms with van der Waals surface area (Å²) in [6, 6.07) is 13.8. The number of fused-ring (bicyclic) bond motifs is 1. The van der Waals surface area contributed by atoms with Crippen molar-refractivity contribution in [2.45, 2.75) is 88.7 Å². The molecule has 1 aliphatic carbocycles. The zero-order chi connectivity index (χ0) is 30.6. The van der Waals surface area contributed by atoms with Crippen LogP contribution in [0.2, 0.25) is 0 Å². The SMILES string of the molecule is CC(C)(C#N)c1ccc(NCC#Cc2cc3c(NC4CCN([C@H]5CC[C@H](O)CC5)CC4)cccc3n2CC(F)(F)F)cn1. The van der Waals surface area contributed by atoms with Gasteiger partial charge in [-0.25, -0.2) is 0 Å². The normalized spacial score (nSPS) is 20.3. The van der Waals surface area contributed by atoms with E-state index in [1.165, 1.54) is 4.57 Å². The van der Waals surface area contributed by atoms with Crippen molar-refractivity contribution < 1.29 is 18.3 Å². The van der Waals surface area contributed by atoms with Gasteiger partial charge >= 0.3 is 6.18 Å². The Bertz CT molecular complexity index is 1500.